The molecule has 6 fully saturated rings. The molecule has 1 aromatic carbocycles. The molecule has 0 spiro atoms. The highest BCUT2D eigenvalue weighted by atomic mass is 19.1. The number of carbonyl (C=O) groups is 2. The Morgan fingerprint density at radius 2 is 1.74 bits per heavy atom. The number of halogens is 1. The normalized spacial score (nSPS) is 33.8. The number of carbonyl (C=O) groups excluding carboxylic acids is 2. The quantitative estimate of drug-likeness (QED) is 0.429. The fourth-order valence-corrected chi connectivity index (χ4v) is 8.03. The SMILES string of the molecule is CC(C)(C)OC(=O)[C@@H]1CCCN1C(=O)c1cc(C2CC2)c(OCC2(C#N)[C@H]3C[C@H]4C[C@H](C3)C[C@H]2C4)cc1F. The molecule has 7 heteroatoms. The first-order valence-electron chi connectivity index (χ1n) is 14.5. The van der Waals surface area contributed by atoms with Gasteiger partial charge in [0, 0.05) is 12.6 Å². The Morgan fingerprint density at radius 3 is 2.32 bits per heavy atom. The third-order valence-corrected chi connectivity index (χ3v) is 9.81. The van der Waals surface area contributed by atoms with Crippen LogP contribution in [0.15, 0.2) is 12.1 Å². The standard InChI is InChI=1S/C31H39FN2O4/c1-30(2,3)38-29(36)26-5-4-8-34(26)28(35)24-14-23(20-6-7-20)27(15-25(24)32)37-17-31(16-33)21-10-18-9-19(12-21)13-22(31)11-18/h14-15,18-22,26H,4-13,17H2,1-3H3/t18-,19-,21-,22+,26-,31?/m0/s1. The molecule has 6 aliphatic rings. The van der Waals surface area contributed by atoms with Crippen LogP contribution >= 0.6 is 0 Å². The van der Waals surface area contributed by atoms with Gasteiger partial charge in [0.15, 0.2) is 0 Å². The minimum atomic E-state index is -0.700. The lowest BCUT2D eigenvalue weighted by Gasteiger charge is -2.58. The van der Waals surface area contributed by atoms with Crippen LogP contribution in [0.5, 0.6) is 5.75 Å². The van der Waals surface area contributed by atoms with E-state index in [1.165, 1.54) is 17.4 Å². The van der Waals surface area contributed by atoms with Crippen LogP contribution in [-0.2, 0) is 9.53 Å². The molecule has 4 bridgehead atoms. The Bertz CT molecular complexity index is 1150. The predicted molar refractivity (Wildman–Crippen MR) is 139 cm³/mol. The number of likely N-dealkylation sites (tertiary alicyclic amines) is 1. The number of ether oxygens (including phenoxy) is 2. The average molecular weight is 523 g/mol. The molecule has 5 saturated carbocycles. The highest BCUT2D eigenvalue weighted by Gasteiger charge is 2.58. The van der Waals surface area contributed by atoms with Gasteiger partial charge in [0.1, 0.15) is 29.8 Å². The van der Waals surface area contributed by atoms with E-state index in [1.54, 1.807) is 26.8 Å². The smallest absolute Gasteiger partial charge is 0.329 e. The molecular weight excluding hydrogens is 483 g/mol. The van der Waals surface area contributed by atoms with Gasteiger partial charge in [0.25, 0.3) is 5.91 Å². The largest absolute Gasteiger partial charge is 0.491 e. The Balaban J connectivity index is 1.23. The van der Waals surface area contributed by atoms with Gasteiger partial charge in [-0.25, -0.2) is 9.18 Å². The van der Waals surface area contributed by atoms with Crippen molar-refractivity contribution in [2.45, 2.75) is 96.1 Å². The van der Waals surface area contributed by atoms with E-state index >= 15 is 4.39 Å². The number of hydrogen-bond acceptors (Lipinski definition) is 5. The summed E-state index contributed by atoms with van der Waals surface area (Å²) in [4.78, 5) is 27.8. The third kappa shape index (κ3) is 4.48. The summed E-state index contributed by atoms with van der Waals surface area (Å²) in [5, 5.41) is 10.4. The second-order valence-corrected chi connectivity index (χ2v) is 13.6. The first-order chi connectivity index (χ1) is 18.1. The zero-order valence-corrected chi connectivity index (χ0v) is 22.8. The maximum atomic E-state index is 15.5. The van der Waals surface area contributed by atoms with Crippen molar-refractivity contribution in [1.82, 2.24) is 4.90 Å². The summed E-state index contributed by atoms with van der Waals surface area (Å²) < 4.78 is 27.4. The number of rotatable bonds is 6. The molecule has 1 heterocycles. The monoisotopic (exact) mass is 522 g/mol. The molecule has 1 atom stereocenters. The van der Waals surface area contributed by atoms with Crippen LogP contribution < -0.4 is 4.74 Å². The van der Waals surface area contributed by atoms with Crippen molar-refractivity contribution >= 4 is 11.9 Å². The van der Waals surface area contributed by atoms with Crippen LogP contribution in [0.1, 0.15) is 100 Å². The van der Waals surface area contributed by atoms with Crippen LogP contribution in [0, 0.1) is 46.2 Å². The first kappa shape index (κ1) is 25.6. The van der Waals surface area contributed by atoms with Crippen LogP contribution in [0.2, 0.25) is 0 Å². The maximum absolute atomic E-state index is 15.5. The van der Waals surface area contributed by atoms with Gasteiger partial charge in [-0.05, 0) is 120 Å². The van der Waals surface area contributed by atoms with Crippen molar-refractivity contribution < 1.29 is 23.5 Å². The number of hydrogen-bond donors (Lipinski definition) is 0. The minimum Gasteiger partial charge on any atom is -0.491 e. The van der Waals surface area contributed by atoms with Gasteiger partial charge < -0.3 is 14.4 Å². The molecule has 0 radical (unpaired) electrons. The Labute approximate surface area is 224 Å². The Hall–Kier alpha value is -2.62. The lowest BCUT2D eigenvalue weighted by atomic mass is 9.46. The van der Waals surface area contributed by atoms with Crippen LogP contribution in [-0.4, -0.2) is 41.6 Å². The number of nitriles is 1. The van der Waals surface area contributed by atoms with E-state index in [4.69, 9.17) is 9.47 Å². The second kappa shape index (κ2) is 9.24. The molecule has 5 aliphatic carbocycles. The highest BCUT2D eigenvalue weighted by molar-refractivity contribution is 5.98. The number of nitrogens with zero attached hydrogens (tertiary/aromatic N) is 2. The summed E-state index contributed by atoms with van der Waals surface area (Å²) in [5.74, 6) is 1.36. The molecule has 1 saturated heterocycles. The van der Waals surface area contributed by atoms with Crippen molar-refractivity contribution in [2.24, 2.45) is 29.1 Å². The fraction of sp³-hybridized carbons (Fsp3) is 0.710. The van der Waals surface area contributed by atoms with E-state index < -0.39 is 34.8 Å². The molecule has 204 valence electrons. The van der Waals surface area contributed by atoms with Gasteiger partial charge in [-0.1, -0.05) is 0 Å². The molecule has 1 aliphatic heterocycles. The van der Waals surface area contributed by atoms with Crippen LogP contribution in [0.25, 0.3) is 0 Å². The lowest BCUT2D eigenvalue weighted by molar-refractivity contribution is -0.159. The Kier molecular flexibility index (Phi) is 6.24. The van der Waals surface area contributed by atoms with Gasteiger partial charge in [-0.2, -0.15) is 5.26 Å². The number of esters is 1. The average Bonchev–Trinajstić information content (AvgIpc) is 3.57. The van der Waals surface area contributed by atoms with Crippen molar-refractivity contribution in [1.29, 1.82) is 5.26 Å². The molecule has 0 N–H and O–H groups in total. The minimum absolute atomic E-state index is 0.0145. The molecular formula is C31H39FN2O4. The first-order valence-corrected chi connectivity index (χ1v) is 14.5. The molecule has 0 aromatic heterocycles. The molecule has 38 heavy (non-hydrogen) atoms. The van der Waals surface area contributed by atoms with Crippen molar-refractivity contribution in [3.05, 3.63) is 29.1 Å². The summed E-state index contributed by atoms with van der Waals surface area (Å²) in [6.07, 6.45) is 8.87. The summed E-state index contributed by atoms with van der Waals surface area (Å²) >= 11 is 0. The maximum Gasteiger partial charge on any atom is 0.329 e. The third-order valence-electron chi connectivity index (χ3n) is 9.81. The van der Waals surface area contributed by atoms with Crippen molar-refractivity contribution in [2.75, 3.05) is 13.2 Å². The fourth-order valence-electron chi connectivity index (χ4n) is 8.03. The Morgan fingerprint density at radius 1 is 1.08 bits per heavy atom. The predicted octanol–water partition coefficient (Wildman–Crippen LogP) is 5.99. The zero-order valence-electron chi connectivity index (χ0n) is 22.8. The second-order valence-electron chi connectivity index (χ2n) is 13.6. The molecule has 0 unspecified atom stereocenters. The van der Waals surface area contributed by atoms with Crippen molar-refractivity contribution in [3.8, 4) is 11.8 Å². The van der Waals surface area contributed by atoms with Crippen LogP contribution in [0.4, 0.5) is 4.39 Å². The molecule has 1 amide bonds. The summed E-state index contributed by atoms with van der Waals surface area (Å²) in [7, 11) is 0. The van der Waals surface area contributed by atoms with Gasteiger partial charge in [-0.3, -0.25) is 4.79 Å². The number of amides is 1. The van der Waals surface area contributed by atoms with Crippen LogP contribution in [0.3, 0.4) is 0 Å². The van der Waals surface area contributed by atoms with E-state index in [0.717, 1.165) is 55.9 Å². The molecule has 7 rings (SSSR count). The van der Waals surface area contributed by atoms with Gasteiger partial charge in [-0.15, -0.1) is 0 Å². The lowest BCUT2D eigenvalue weighted by Crippen LogP contribution is -2.54. The molecule has 1 aromatic rings. The van der Waals surface area contributed by atoms with E-state index in [0.29, 0.717) is 37.0 Å². The van der Waals surface area contributed by atoms with Crippen molar-refractivity contribution in [3.63, 3.8) is 0 Å². The van der Waals surface area contributed by atoms with E-state index in [2.05, 4.69) is 6.07 Å². The summed E-state index contributed by atoms with van der Waals surface area (Å²) in [5.41, 5.74) is -0.329. The van der Waals surface area contributed by atoms with E-state index in [9.17, 15) is 14.9 Å². The summed E-state index contributed by atoms with van der Waals surface area (Å²) in [6.45, 7) is 6.08. The van der Waals surface area contributed by atoms with E-state index in [1.807, 2.05) is 0 Å². The van der Waals surface area contributed by atoms with Gasteiger partial charge in [0.05, 0.1) is 17.0 Å². The van der Waals surface area contributed by atoms with Gasteiger partial charge in [0.2, 0.25) is 0 Å². The zero-order chi connectivity index (χ0) is 26.8. The summed E-state index contributed by atoms with van der Waals surface area (Å²) in [6, 6.07) is 4.98. The number of benzene rings is 1. The highest BCUT2D eigenvalue weighted by Crippen LogP contribution is 2.62. The van der Waals surface area contributed by atoms with E-state index in [-0.39, 0.29) is 18.1 Å². The van der Waals surface area contributed by atoms with Gasteiger partial charge >= 0.3 is 5.97 Å². The topological polar surface area (TPSA) is 79.6 Å². The molecule has 6 nitrogen and oxygen atoms in total.